The van der Waals surface area contributed by atoms with Gasteiger partial charge in [-0.1, -0.05) is 24.3 Å². The third-order valence-corrected chi connectivity index (χ3v) is 7.08. The standard InChI is InChI=1S/C22H26N2O4S/c1-22(2,3)23-29(27,28)19-13-7-10-14-15(19)11-6-12-18(14)24-20(25)16-8-4-5-9-17(16)21(24)26/h6-7,10-13,23,25-26H,4-5,8-9H2,1-3H3. The van der Waals surface area contributed by atoms with Crippen molar-refractivity contribution < 1.29 is 18.6 Å². The topological polar surface area (TPSA) is 91.6 Å². The van der Waals surface area contributed by atoms with Gasteiger partial charge in [-0.05, 0) is 58.6 Å². The van der Waals surface area contributed by atoms with Crippen molar-refractivity contribution in [2.75, 3.05) is 0 Å². The number of benzene rings is 2. The van der Waals surface area contributed by atoms with E-state index in [9.17, 15) is 18.6 Å². The number of aromatic nitrogens is 1. The lowest BCUT2D eigenvalue weighted by molar-refractivity contribution is 0.400. The van der Waals surface area contributed by atoms with E-state index >= 15 is 0 Å². The van der Waals surface area contributed by atoms with E-state index in [1.54, 1.807) is 57.2 Å². The second-order valence-electron chi connectivity index (χ2n) is 8.63. The molecule has 7 heteroatoms. The quantitative estimate of drug-likeness (QED) is 0.604. The van der Waals surface area contributed by atoms with Gasteiger partial charge in [-0.15, -0.1) is 0 Å². The summed E-state index contributed by atoms with van der Waals surface area (Å²) in [6.07, 6.45) is 3.39. The number of fused-ring (bicyclic) bond motifs is 2. The molecule has 154 valence electrons. The van der Waals surface area contributed by atoms with Crippen LogP contribution in [-0.4, -0.2) is 28.7 Å². The van der Waals surface area contributed by atoms with E-state index in [0.717, 1.165) is 36.8 Å². The lowest BCUT2D eigenvalue weighted by Crippen LogP contribution is -2.40. The number of nitrogens with one attached hydrogen (secondary N) is 1. The van der Waals surface area contributed by atoms with Gasteiger partial charge in [-0.25, -0.2) is 13.1 Å². The molecule has 2 aromatic carbocycles. The molecule has 0 fully saturated rings. The van der Waals surface area contributed by atoms with Crippen LogP contribution in [0.25, 0.3) is 16.5 Å². The first kappa shape index (κ1) is 19.8. The summed E-state index contributed by atoms with van der Waals surface area (Å²) in [4.78, 5) is 0.169. The number of sulfonamides is 1. The second kappa shape index (κ2) is 6.78. The van der Waals surface area contributed by atoms with Gasteiger partial charge in [0.05, 0.1) is 10.6 Å². The Morgan fingerprint density at radius 2 is 1.45 bits per heavy atom. The Morgan fingerprint density at radius 1 is 0.897 bits per heavy atom. The minimum atomic E-state index is -3.75. The molecule has 1 aliphatic rings. The zero-order valence-corrected chi connectivity index (χ0v) is 17.7. The molecule has 1 aliphatic carbocycles. The highest BCUT2D eigenvalue weighted by Gasteiger charge is 2.27. The van der Waals surface area contributed by atoms with Crippen LogP contribution in [0.3, 0.4) is 0 Å². The summed E-state index contributed by atoms with van der Waals surface area (Å²) in [7, 11) is -3.75. The fourth-order valence-corrected chi connectivity index (χ4v) is 5.79. The minimum absolute atomic E-state index is 0.0331. The Hall–Kier alpha value is -2.51. The molecule has 0 radical (unpaired) electrons. The number of rotatable bonds is 3. The SMILES string of the molecule is CC(C)(C)NS(=O)(=O)c1cccc2c(-n3c(O)c4c(c3O)CCCC4)cccc12. The van der Waals surface area contributed by atoms with E-state index in [0.29, 0.717) is 16.5 Å². The summed E-state index contributed by atoms with van der Waals surface area (Å²) < 4.78 is 30.1. The van der Waals surface area contributed by atoms with Crippen molar-refractivity contribution in [1.82, 2.24) is 9.29 Å². The highest BCUT2D eigenvalue weighted by molar-refractivity contribution is 7.89. The van der Waals surface area contributed by atoms with Crippen molar-refractivity contribution in [3.8, 4) is 17.4 Å². The van der Waals surface area contributed by atoms with Gasteiger partial charge in [-0.2, -0.15) is 0 Å². The van der Waals surface area contributed by atoms with Crippen LogP contribution in [0, 0.1) is 0 Å². The van der Waals surface area contributed by atoms with Gasteiger partial charge >= 0.3 is 0 Å². The molecular formula is C22H26N2O4S. The zero-order chi connectivity index (χ0) is 21.0. The predicted molar refractivity (Wildman–Crippen MR) is 113 cm³/mol. The van der Waals surface area contributed by atoms with E-state index in [2.05, 4.69) is 4.72 Å². The minimum Gasteiger partial charge on any atom is -0.494 e. The monoisotopic (exact) mass is 414 g/mol. The molecule has 0 saturated heterocycles. The molecule has 1 aromatic heterocycles. The molecule has 0 aliphatic heterocycles. The fourth-order valence-electron chi connectivity index (χ4n) is 4.15. The van der Waals surface area contributed by atoms with Crippen molar-refractivity contribution in [1.29, 1.82) is 0 Å². The Morgan fingerprint density at radius 3 is 2.03 bits per heavy atom. The molecule has 0 spiro atoms. The molecule has 3 aromatic rings. The fraction of sp³-hybridized carbons (Fsp3) is 0.364. The van der Waals surface area contributed by atoms with Crippen LogP contribution >= 0.6 is 0 Å². The van der Waals surface area contributed by atoms with Gasteiger partial charge in [-0.3, -0.25) is 4.57 Å². The molecule has 3 N–H and O–H groups in total. The maximum Gasteiger partial charge on any atom is 0.241 e. The molecule has 0 amide bonds. The number of nitrogens with zero attached hydrogens (tertiary/aromatic N) is 1. The van der Waals surface area contributed by atoms with Gasteiger partial charge in [0.1, 0.15) is 0 Å². The van der Waals surface area contributed by atoms with Crippen LogP contribution in [0.5, 0.6) is 11.8 Å². The largest absolute Gasteiger partial charge is 0.494 e. The summed E-state index contributed by atoms with van der Waals surface area (Å²) >= 11 is 0. The first-order valence-electron chi connectivity index (χ1n) is 9.80. The van der Waals surface area contributed by atoms with Crippen LogP contribution in [0.4, 0.5) is 0 Å². The predicted octanol–water partition coefficient (Wildman–Crippen LogP) is 4.00. The molecule has 4 rings (SSSR count). The average Bonchev–Trinajstić information content (AvgIpc) is 2.90. The normalized spacial score (nSPS) is 14.9. The van der Waals surface area contributed by atoms with Crippen molar-refractivity contribution in [2.24, 2.45) is 0 Å². The van der Waals surface area contributed by atoms with Gasteiger partial charge < -0.3 is 10.2 Å². The summed E-state index contributed by atoms with van der Waals surface area (Å²) in [5.41, 5.74) is 1.50. The molecule has 0 saturated carbocycles. The first-order valence-corrected chi connectivity index (χ1v) is 11.3. The van der Waals surface area contributed by atoms with Crippen molar-refractivity contribution >= 4 is 20.8 Å². The Bertz CT molecular complexity index is 1170. The summed E-state index contributed by atoms with van der Waals surface area (Å²) in [5.74, 6) is 0.0663. The molecule has 1 heterocycles. The molecule has 0 unspecified atom stereocenters. The molecule has 0 atom stereocenters. The van der Waals surface area contributed by atoms with Gasteiger partial charge in [0.25, 0.3) is 0 Å². The summed E-state index contributed by atoms with van der Waals surface area (Å²) in [5, 5.41) is 22.8. The van der Waals surface area contributed by atoms with Crippen molar-refractivity contribution in [3.05, 3.63) is 47.5 Å². The number of aromatic hydroxyl groups is 2. The van der Waals surface area contributed by atoms with Crippen LogP contribution in [0.15, 0.2) is 41.3 Å². The summed E-state index contributed by atoms with van der Waals surface area (Å²) in [6.45, 7) is 5.38. The van der Waals surface area contributed by atoms with E-state index in [1.807, 2.05) is 0 Å². The van der Waals surface area contributed by atoms with E-state index < -0.39 is 15.6 Å². The molecule has 0 bridgehead atoms. The van der Waals surface area contributed by atoms with Gasteiger partial charge in [0.2, 0.25) is 21.8 Å². The highest BCUT2D eigenvalue weighted by Crippen LogP contribution is 2.42. The number of hydrogen-bond acceptors (Lipinski definition) is 4. The average molecular weight is 415 g/mol. The highest BCUT2D eigenvalue weighted by atomic mass is 32.2. The zero-order valence-electron chi connectivity index (χ0n) is 16.9. The third kappa shape index (κ3) is 3.38. The smallest absolute Gasteiger partial charge is 0.241 e. The number of hydrogen-bond donors (Lipinski definition) is 3. The van der Waals surface area contributed by atoms with Crippen LogP contribution in [0.2, 0.25) is 0 Å². The van der Waals surface area contributed by atoms with E-state index in [1.165, 1.54) is 4.57 Å². The first-order chi connectivity index (χ1) is 13.6. The van der Waals surface area contributed by atoms with Gasteiger partial charge in [0, 0.05) is 27.4 Å². The van der Waals surface area contributed by atoms with Crippen LogP contribution in [-0.2, 0) is 22.9 Å². The lowest BCUT2D eigenvalue weighted by Gasteiger charge is -2.21. The Kier molecular flexibility index (Phi) is 4.63. The maximum absolute atomic E-state index is 13.0. The lowest BCUT2D eigenvalue weighted by atomic mass is 9.95. The van der Waals surface area contributed by atoms with E-state index in [-0.39, 0.29) is 16.7 Å². The van der Waals surface area contributed by atoms with Crippen molar-refractivity contribution in [2.45, 2.75) is 56.9 Å². The third-order valence-electron chi connectivity index (χ3n) is 5.26. The second-order valence-corrected chi connectivity index (χ2v) is 10.3. The molecular weight excluding hydrogens is 388 g/mol. The summed E-state index contributed by atoms with van der Waals surface area (Å²) in [6, 6.07) is 10.3. The van der Waals surface area contributed by atoms with Crippen molar-refractivity contribution in [3.63, 3.8) is 0 Å². The Labute approximate surface area is 170 Å². The molecule has 6 nitrogen and oxygen atoms in total. The van der Waals surface area contributed by atoms with Crippen LogP contribution < -0.4 is 4.72 Å². The van der Waals surface area contributed by atoms with Gasteiger partial charge in [0.15, 0.2) is 0 Å². The Balaban J connectivity index is 1.95. The molecule has 29 heavy (non-hydrogen) atoms. The van der Waals surface area contributed by atoms with Crippen LogP contribution in [0.1, 0.15) is 44.7 Å². The maximum atomic E-state index is 13.0. The van der Waals surface area contributed by atoms with E-state index in [4.69, 9.17) is 0 Å².